The number of aromatic nitrogens is 4. The quantitative estimate of drug-likeness (QED) is 0.624. The number of carbonyl (C=O) groups is 1. The summed E-state index contributed by atoms with van der Waals surface area (Å²) in [6.45, 7) is 3.12. The first-order valence-electron chi connectivity index (χ1n) is 9.90. The molecule has 1 amide bonds. The Balaban J connectivity index is 1.49. The van der Waals surface area contributed by atoms with Gasteiger partial charge in [-0.05, 0) is 32.3 Å². The molecule has 30 heavy (non-hydrogen) atoms. The molecule has 0 aromatic carbocycles. The standard InChI is InChI=1S/C20H22F3N5O2/c1-13-18-15(20(21,22)23)10-16(25-19(18)30-26-13)14-4-2-8-28(11-14)17(29)5-3-7-27-9-6-24-12-27/h6,9-10,12,14H,2-5,7-8,11H2,1H3/t14-/m0/s1. The Hall–Kier alpha value is -2.91. The number of rotatable bonds is 5. The van der Waals surface area contributed by atoms with Crippen LogP contribution in [0, 0.1) is 6.92 Å². The average Bonchev–Trinajstić information content (AvgIpc) is 3.37. The Morgan fingerprint density at radius 2 is 2.20 bits per heavy atom. The number of alkyl halides is 3. The molecule has 0 N–H and O–H groups in total. The van der Waals surface area contributed by atoms with Crippen molar-refractivity contribution in [3.63, 3.8) is 0 Å². The summed E-state index contributed by atoms with van der Waals surface area (Å²) in [5.74, 6) is -0.264. The Kier molecular flexibility index (Phi) is 5.48. The molecular weight excluding hydrogens is 399 g/mol. The summed E-state index contributed by atoms with van der Waals surface area (Å²) in [5.41, 5.74) is -0.442. The first kappa shape index (κ1) is 20.4. The second-order valence-corrected chi connectivity index (χ2v) is 7.62. The van der Waals surface area contributed by atoms with Crippen molar-refractivity contribution in [3.05, 3.63) is 41.7 Å². The molecule has 7 nitrogen and oxygen atoms in total. The molecule has 0 unspecified atom stereocenters. The van der Waals surface area contributed by atoms with Gasteiger partial charge in [0.15, 0.2) is 0 Å². The minimum atomic E-state index is -4.54. The van der Waals surface area contributed by atoms with Gasteiger partial charge in [-0.25, -0.2) is 9.97 Å². The largest absolute Gasteiger partial charge is 0.417 e. The van der Waals surface area contributed by atoms with Crippen molar-refractivity contribution in [1.82, 2.24) is 24.6 Å². The van der Waals surface area contributed by atoms with Crippen LogP contribution < -0.4 is 0 Å². The van der Waals surface area contributed by atoms with Gasteiger partial charge >= 0.3 is 6.18 Å². The van der Waals surface area contributed by atoms with Crippen LogP contribution in [-0.4, -0.2) is 43.6 Å². The monoisotopic (exact) mass is 421 g/mol. The second-order valence-electron chi connectivity index (χ2n) is 7.62. The molecule has 1 saturated heterocycles. The van der Waals surface area contributed by atoms with Crippen LogP contribution in [-0.2, 0) is 17.5 Å². The van der Waals surface area contributed by atoms with Crippen molar-refractivity contribution in [2.45, 2.75) is 51.2 Å². The van der Waals surface area contributed by atoms with E-state index < -0.39 is 11.7 Å². The first-order chi connectivity index (χ1) is 14.3. The van der Waals surface area contributed by atoms with Crippen molar-refractivity contribution in [3.8, 4) is 0 Å². The summed E-state index contributed by atoms with van der Waals surface area (Å²) in [7, 11) is 0. The molecule has 3 aromatic heterocycles. The van der Waals surface area contributed by atoms with Gasteiger partial charge in [0.1, 0.15) is 0 Å². The van der Waals surface area contributed by atoms with Gasteiger partial charge in [-0.15, -0.1) is 0 Å². The van der Waals surface area contributed by atoms with E-state index in [0.717, 1.165) is 6.07 Å². The van der Waals surface area contributed by atoms with Gasteiger partial charge in [0, 0.05) is 44.4 Å². The maximum atomic E-state index is 13.6. The fraction of sp³-hybridized carbons (Fsp3) is 0.500. The maximum Gasteiger partial charge on any atom is 0.417 e. The minimum absolute atomic E-state index is 0.00690. The number of piperidine rings is 1. The van der Waals surface area contributed by atoms with Crippen LogP contribution in [0.25, 0.3) is 11.1 Å². The van der Waals surface area contributed by atoms with E-state index in [0.29, 0.717) is 51.0 Å². The van der Waals surface area contributed by atoms with Crippen molar-refractivity contribution in [2.24, 2.45) is 0 Å². The van der Waals surface area contributed by atoms with E-state index in [-0.39, 0.29) is 28.6 Å². The van der Waals surface area contributed by atoms with Crippen LogP contribution in [0.15, 0.2) is 29.3 Å². The maximum absolute atomic E-state index is 13.6. The van der Waals surface area contributed by atoms with Gasteiger partial charge in [-0.3, -0.25) is 4.79 Å². The number of hydrogen-bond donors (Lipinski definition) is 0. The number of pyridine rings is 1. The van der Waals surface area contributed by atoms with Gasteiger partial charge in [0.2, 0.25) is 5.91 Å². The van der Waals surface area contributed by atoms with E-state index >= 15 is 0 Å². The van der Waals surface area contributed by atoms with E-state index in [1.54, 1.807) is 17.4 Å². The summed E-state index contributed by atoms with van der Waals surface area (Å²) < 4.78 is 47.8. The summed E-state index contributed by atoms with van der Waals surface area (Å²) in [5, 5.41) is 3.54. The number of hydrogen-bond acceptors (Lipinski definition) is 5. The number of aryl methyl sites for hydroxylation is 2. The Labute approximate surface area is 170 Å². The number of nitrogens with zero attached hydrogens (tertiary/aromatic N) is 5. The van der Waals surface area contributed by atoms with E-state index in [2.05, 4.69) is 15.1 Å². The molecule has 1 fully saturated rings. The van der Waals surface area contributed by atoms with Crippen LogP contribution in [0.4, 0.5) is 13.2 Å². The van der Waals surface area contributed by atoms with Crippen molar-refractivity contribution in [1.29, 1.82) is 0 Å². The zero-order chi connectivity index (χ0) is 21.3. The molecular formula is C20H22F3N5O2. The first-order valence-corrected chi connectivity index (χ1v) is 9.90. The van der Waals surface area contributed by atoms with Crippen molar-refractivity contribution in [2.75, 3.05) is 13.1 Å². The number of fused-ring (bicyclic) bond motifs is 1. The van der Waals surface area contributed by atoms with Crippen molar-refractivity contribution >= 4 is 17.0 Å². The molecule has 0 aliphatic carbocycles. The molecule has 4 rings (SSSR count). The number of imidazole rings is 1. The zero-order valence-corrected chi connectivity index (χ0v) is 16.5. The lowest BCUT2D eigenvalue weighted by Gasteiger charge is -2.32. The van der Waals surface area contributed by atoms with Crippen LogP contribution >= 0.6 is 0 Å². The summed E-state index contributed by atoms with van der Waals surface area (Å²) in [6, 6.07) is 1.09. The van der Waals surface area contributed by atoms with Gasteiger partial charge in [0.25, 0.3) is 5.71 Å². The van der Waals surface area contributed by atoms with E-state index in [1.165, 1.54) is 6.92 Å². The Morgan fingerprint density at radius 1 is 1.37 bits per heavy atom. The molecule has 4 heterocycles. The third-order valence-corrected chi connectivity index (χ3v) is 5.50. The third-order valence-electron chi connectivity index (χ3n) is 5.50. The number of likely N-dealkylation sites (tertiary alicyclic amines) is 1. The highest BCUT2D eigenvalue weighted by molar-refractivity contribution is 5.81. The molecule has 0 radical (unpaired) electrons. The normalized spacial score (nSPS) is 17.6. The predicted octanol–water partition coefficient (Wildman–Crippen LogP) is 3.93. The van der Waals surface area contributed by atoms with Gasteiger partial charge in [0.05, 0.1) is 28.7 Å². The lowest BCUT2D eigenvalue weighted by Crippen LogP contribution is -2.39. The predicted molar refractivity (Wildman–Crippen MR) is 102 cm³/mol. The highest BCUT2D eigenvalue weighted by Gasteiger charge is 2.37. The molecule has 1 aliphatic rings. The summed E-state index contributed by atoms with van der Waals surface area (Å²) in [6.07, 6.45) is 3.13. The van der Waals surface area contributed by atoms with E-state index in [9.17, 15) is 18.0 Å². The fourth-order valence-corrected chi connectivity index (χ4v) is 3.98. The molecule has 0 bridgehead atoms. The lowest BCUT2D eigenvalue weighted by atomic mass is 9.92. The highest BCUT2D eigenvalue weighted by atomic mass is 19.4. The topological polar surface area (TPSA) is 77.0 Å². The third kappa shape index (κ3) is 4.17. The second kappa shape index (κ2) is 8.08. The lowest BCUT2D eigenvalue weighted by molar-refractivity contribution is -0.136. The summed E-state index contributed by atoms with van der Waals surface area (Å²) in [4.78, 5) is 22.6. The van der Waals surface area contributed by atoms with Crippen molar-refractivity contribution < 1.29 is 22.5 Å². The molecule has 160 valence electrons. The molecule has 0 spiro atoms. The van der Waals surface area contributed by atoms with Gasteiger partial charge in [-0.1, -0.05) is 5.16 Å². The molecule has 1 aliphatic heterocycles. The minimum Gasteiger partial charge on any atom is -0.342 e. The molecule has 10 heteroatoms. The number of carbonyl (C=O) groups excluding carboxylic acids is 1. The highest BCUT2D eigenvalue weighted by Crippen LogP contribution is 2.38. The van der Waals surface area contributed by atoms with Gasteiger partial charge < -0.3 is 14.0 Å². The van der Waals surface area contributed by atoms with Crippen LogP contribution in [0.1, 0.15) is 48.6 Å². The fourth-order valence-electron chi connectivity index (χ4n) is 3.98. The van der Waals surface area contributed by atoms with E-state index in [1.807, 2.05) is 10.8 Å². The molecule has 3 aromatic rings. The Morgan fingerprint density at radius 3 is 2.93 bits per heavy atom. The Bertz CT molecular complexity index is 1030. The number of halogens is 3. The summed E-state index contributed by atoms with van der Waals surface area (Å²) >= 11 is 0. The SMILES string of the molecule is Cc1noc2nc([C@H]3CCCN(C(=O)CCCn4ccnc4)C3)cc(C(F)(F)F)c12. The molecule has 0 saturated carbocycles. The van der Waals surface area contributed by atoms with Crippen LogP contribution in [0.3, 0.4) is 0 Å². The van der Waals surface area contributed by atoms with Crippen LogP contribution in [0.5, 0.6) is 0 Å². The zero-order valence-electron chi connectivity index (χ0n) is 16.5. The average molecular weight is 421 g/mol. The van der Waals surface area contributed by atoms with Gasteiger partial charge in [-0.2, -0.15) is 13.2 Å². The van der Waals surface area contributed by atoms with E-state index in [4.69, 9.17) is 4.52 Å². The smallest absolute Gasteiger partial charge is 0.342 e. The number of amides is 1. The van der Waals surface area contributed by atoms with Crippen LogP contribution in [0.2, 0.25) is 0 Å². The molecule has 1 atom stereocenters.